The minimum atomic E-state index is -4.94. The molecule has 3 unspecified atom stereocenters. The number of allylic oxidation sites excluding steroid dienone is 2. The number of carboxylic acids is 1. The molecular weight excluding hydrogens is 392 g/mol. The summed E-state index contributed by atoms with van der Waals surface area (Å²) in [6.07, 6.45) is -4.94. The maximum atomic E-state index is 13.8. The van der Waals surface area contributed by atoms with Crippen molar-refractivity contribution in [3.63, 3.8) is 0 Å². The van der Waals surface area contributed by atoms with E-state index in [1.807, 2.05) is 6.07 Å². The Labute approximate surface area is 166 Å². The predicted octanol–water partition coefficient (Wildman–Crippen LogP) is 4.07. The number of nitriles is 1. The summed E-state index contributed by atoms with van der Waals surface area (Å²) in [5.41, 5.74) is -3.47. The highest BCUT2D eigenvalue weighted by molar-refractivity contribution is 5.80. The average Bonchev–Trinajstić information content (AvgIpc) is 2.60. The lowest BCUT2D eigenvalue weighted by Crippen LogP contribution is -2.61. The van der Waals surface area contributed by atoms with E-state index in [1.54, 1.807) is 13.8 Å². The molecule has 1 aliphatic heterocycles. The smallest absolute Gasteiger partial charge is 0.416 e. The van der Waals surface area contributed by atoms with Gasteiger partial charge in [-0.25, -0.2) is 4.39 Å². The number of benzene rings is 1. The molecule has 0 radical (unpaired) electrons. The Bertz CT molecular complexity index is 873. The lowest BCUT2D eigenvalue weighted by Gasteiger charge is -2.50. The van der Waals surface area contributed by atoms with Gasteiger partial charge in [-0.05, 0) is 30.5 Å². The zero-order chi connectivity index (χ0) is 22.1. The van der Waals surface area contributed by atoms with E-state index in [2.05, 4.69) is 5.32 Å². The number of hydrogen-bond acceptors (Lipinski definition) is 4. The number of nitrogens with one attached hydrogen (secondary N) is 1. The van der Waals surface area contributed by atoms with Crippen molar-refractivity contribution in [2.75, 3.05) is 13.7 Å². The van der Waals surface area contributed by atoms with Gasteiger partial charge >= 0.3 is 12.1 Å². The van der Waals surface area contributed by atoms with Crippen LogP contribution in [0.15, 0.2) is 29.5 Å². The lowest BCUT2D eigenvalue weighted by molar-refractivity contribution is -0.159. The molecule has 5 nitrogen and oxygen atoms in total. The van der Waals surface area contributed by atoms with Gasteiger partial charge in [0.2, 0.25) is 0 Å². The van der Waals surface area contributed by atoms with Gasteiger partial charge in [-0.15, -0.1) is 0 Å². The highest BCUT2D eigenvalue weighted by atomic mass is 19.4. The first-order valence-corrected chi connectivity index (χ1v) is 8.89. The Morgan fingerprint density at radius 3 is 2.48 bits per heavy atom. The first-order valence-electron chi connectivity index (χ1n) is 8.89. The van der Waals surface area contributed by atoms with Gasteiger partial charge in [0.1, 0.15) is 11.2 Å². The van der Waals surface area contributed by atoms with Crippen LogP contribution in [-0.4, -0.2) is 30.8 Å². The summed E-state index contributed by atoms with van der Waals surface area (Å²) in [4.78, 5) is 12.6. The Hall–Kier alpha value is -2.60. The standard InChI is InChI=1S/C20H22F4N2O3/c1-10(2)19(18(27)28)16(9-29-4)26-11(3)14(8-25)17(19)13-6-5-12(21)7-15(13)20(22,23)24/h5-7,10,16-17,26H,9H2,1-4H3,(H,27,28). The van der Waals surface area contributed by atoms with Crippen LogP contribution in [0, 0.1) is 28.5 Å². The molecule has 0 fully saturated rings. The number of ether oxygens (including phenoxy) is 1. The average molecular weight is 414 g/mol. The monoisotopic (exact) mass is 414 g/mol. The lowest BCUT2D eigenvalue weighted by atomic mass is 9.56. The van der Waals surface area contributed by atoms with Crippen molar-refractivity contribution in [2.24, 2.45) is 11.3 Å². The summed E-state index contributed by atoms with van der Waals surface area (Å²) in [5.74, 6) is -4.62. The van der Waals surface area contributed by atoms with Crippen molar-refractivity contribution in [2.45, 2.75) is 38.9 Å². The quantitative estimate of drug-likeness (QED) is 0.710. The van der Waals surface area contributed by atoms with Crippen molar-refractivity contribution >= 4 is 5.97 Å². The van der Waals surface area contributed by atoms with Gasteiger partial charge in [-0.3, -0.25) is 4.79 Å². The summed E-state index contributed by atoms with van der Waals surface area (Å²) < 4.78 is 60.1. The number of nitrogens with zero attached hydrogens (tertiary/aromatic N) is 1. The van der Waals surface area contributed by atoms with Gasteiger partial charge in [0, 0.05) is 18.7 Å². The van der Waals surface area contributed by atoms with Crippen molar-refractivity contribution < 1.29 is 32.2 Å². The maximum Gasteiger partial charge on any atom is 0.416 e. The Kier molecular flexibility index (Phi) is 6.28. The Morgan fingerprint density at radius 1 is 1.41 bits per heavy atom. The minimum Gasteiger partial charge on any atom is -0.481 e. The van der Waals surface area contributed by atoms with Crippen LogP contribution in [0.25, 0.3) is 0 Å². The summed E-state index contributed by atoms with van der Waals surface area (Å²) in [6, 6.07) is 3.05. The zero-order valence-corrected chi connectivity index (χ0v) is 16.4. The van der Waals surface area contributed by atoms with Gasteiger partial charge in [0.15, 0.2) is 0 Å². The SMILES string of the molecule is COCC1NC(C)=C(C#N)C(c2ccc(F)cc2C(F)(F)F)C1(C(=O)O)C(C)C. The molecule has 29 heavy (non-hydrogen) atoms. The third-order valence-corrected chi connectivity index (χ3v) is 5.55. The molecule has 158 valence electrons. The van der Waals surface area contributed by atoms with Crippen molar-refractivity contribution in [3.05, 3.63) is 46.4 Å². The summed E-state index contributed by atoms with van der Waals surface area (Å²) in [7, 11) is 1.35. The molecule has 0 aromatic heterocycles. The van der Waals surface area contributed by atoms with Gasteiger partial charge in [-0.2, -0.15) is 18.4 Å². The maximum absolute atomic E-state index is 13.8. The van der Waals surface area contributed by atoms with E-state index in [-0.39, 0.29) is 17.9 Å². The summed E-state index contributed by atoms with van der Waals surface area (Å²) in [5, 5.41) is 22.9. The number of rotatable bonds is 5. The third-order valence-electron chi connectivity index (χ3n) is 5.55. The third kappa shape index (κ3) is 3.69. The minimum absolute atomic E-state index is 0.112. The van der Waals surface area contributed by atoms with E-state index in [9.17, 15) is 32.7 Å². The first kappa shape index (κ1) is 22.7. The fraction of sp³-hybridized carbons (Fsp3) is 0.500. The van der Waals surface area contributed by atoms with Crippen molar-refractivity contribution in [1.82, 2.24) is 5.32 Å². The molecule has 0 aliphatic carbocycles. The Morgan fingerprint density at radius 2 is 2.03 bits per heavy atom. The van der Waals surface area contributed by atoms with Gasteiger partial charge in [-0.1, -0.05) is 19.9 Å². The Balaban J connectivity index is 2.99. The second-order valence-corrected chi connectivity index (χ2v) is 7.36. The molecule has 0 bridgehead atoms. The van der Waals surface area contributed by atoms with Crippen LogP contribution in [0.3, 0.4) is 0 Å². The summed E-state index contributed by atoms with van der Waals surface area (Å²) >= 11 is 0. The molecule has 0 spiro atoms. The summed E-state index contributed by atoms with van der Waals surface area (Å²) in [6.45, 7) is 4.52. The number of hydrogen-bond donors (Lipinski definition) is 2. The van der Waals surface area contributed by atoms with Crippen LogP contribution in [0.1, 0.15) is 37.8 Å². The molecule has 1 aromatic carbocycles. The van der Waals surface area contributed by atoms with Crippen molar-refractivity contribution in [1.29, 1.82) is 5.26 Å². The van der Waals surface area contributed by atoms with E-state index < -0.39 is 52.4 Å². The fourth-order valence-corrected chi connectivity index (χ4v) is 4.30. The molecule has 1 heterocycles. The number of carbonyl (C=O) groups is 1. The largest absolute Gasteiger partial charge is 0.481 e. The van der Waals surface area contributed by atoms with Gasteiger partial charge < -0.3 is 15.2 Å². The first-order chi connectivity index (χ1) is 13.4. The normalized spacial score (nSPS) is 25.0. The molecular formula is C20H22F4N2O3. The van der Waals surface area contributed by atoms with Crippen LogP contribution < -0.4 is 5.32 Å². The number of aliphatic carboxylic acids is 1. The number of halogens is 4. The second-order valence-electron chi connectivity index (χ2n) is 7.36. The molecule has 0 amide bonds. The fourth-order valence-electron chi connectivity index (χ4n) is 4.30. The van der Waals surface area contributed by atoms with E-state index in [4.69, 9.17) is 4.74 Å². The van der Waals surface area contributed by atoms with Crippen LogP contribution in [0.2, 0.25) is 0 Å². The van der Waals surface area contributed by atoms with Crippen LogP contribution in [0.4, 0.5) is 17.6 Å². The number of methoxy groups -OCH3 is 1. The molecule has 1 aliphatic rings. The molecule has 1 aromatic rings. The molecule has 0 saturated heterocycles. The van der Waals surface area contributed by atoms with Gasteiger partial charge in [0.05, 0.1) is 29.9 Å². The van der Waals surface area contributed by atoms with E-state index in [0.717, 1.165) is 12.1 Å². The van der Waals surface area contributed by atoms with E-state index in [0.29, 0.717) is 6.07 Å². The molecule has 0 saturated carbocycles. The van der Waals surface area contributed by atoms with Crippen molar-refractivity contribution in [3.8, 4) is 6.07 Å². The van der Waals surface area contributed by atoms with E-state index in [1.165, 1.54) is 14.0 Å². The highest BCUT2D eigenvalue weighted by Gasteiger charge is 2.59. The topological polar surface area (TPSA) is 82.3 Å². The van der Waals surface area contributed by atoms with Crippen LogP contribution >= 0.6 is 0 Å². The predicted molar refractivity (Wildman–Crippen MR) is 96.2 cm³/mol. The molecule has 2 N–H and O–H groups in total. The van der Waals surface area contributed by atoms with Crippen LogP contribution in [-0.2, 0) is 15.7 Å². The highest BCUT2D eigenvalue weighted by Crippen LogP contribution is 2.54. The van der Waals surface area contributed by atoms with Crippen LogP contribution in [0.5, 0.6) is 0 Å². The van der Waals surface area contributed by atoms with E-state index >= 15 is 0 Å². The molecule has 3 atom stereocenters. The number of carboxylic acid groups (broad SMARTS) is 1. The number of alkyl halides is 3. The van der Waals surface area contributed by atoms with Gasteiger partial charge in [0.25, 0.3) is 0 Å². The molecule has 9 heteroatoms. The zero-order valence-electron chi connectivity index (χ0n) is 16.4. The molecule has 2 rings (SSSR count). The second kappa shape index (κ2) is 8.03.